The molecule has 0 fully saturated rings. The predicted octanol–water partition coefficient (Wildman–Crippen LogP) is 9.80. The zero-order valence-electron chi connectivity index (χ0n) is 62.1. The summed E-state index contributed by atoms with van der Waals surface area (Å²) in [5.41, 5.74) is 5.13. The van der Waals surface area contributed by atoms with Crippen molar-refractivity contribution in [2.24, 2.45) is 17.8 Å². The van der Waals surface area contributed by atoms with E-state index in [0.717, 1.165) is 11.1 Å². The van der Waals surface area contributed by atoms with E-state index in [1.807, 2.05) is 27.7 Å². The fourth-order valence-electron chi connectivity index (χ4n) is 11.6. The summed E-state index contributed by atoms with van der Waals surface area (Å²) in [6, 6.07) is 16.0. The molecule has 0 radical (unpaired) electrons. The maximum Gasteiger partial charge on any atom is 0.411 e. The summed E-state index contributed by atoms with van der Waals surface area (Å²) in [6.45, 7) is 19.7. The number of nitrogens with zero attached hydrogens (tertiary/aromatic N) is 2. The van der Waals surface area contributed by atoms with Crippen LogP contribution in [-0.4, -0.2) is 177 Å². The third kappa shape index (κ3) is 26.0. The number of hydrogen-bond acceptors (Lipinski definition) is 20. The molecule has 6 rings (SSSR count). The molecule has 0 saturated heterocycles. The molecule has 4 aromatic rings. The van der Waals surface area contributed by atoms with E-state index in [4.69, 9.17) is 37.9 Å². The summed E-state index contributed by atoms with van der Waals surface area (Å²) < 4.78 is 44.8. The highest BCUT2D eigenvalue weighted by Crippen LogP contribution is 2.37. The van der Waals surface area contributed by atoms with Gasteiger partial charge in [0.1, 0.15) is 37.4 Å². The summed E-state index contributed by atoms with van der Waals surface area (Å²) in [7, 11) is 2.97. The van der Waals surface area contributed by atoms with Crippen molar-refractivity contribution in [3.05, 3.63) is 148 Å². The zero-order chi connectivity index (χ0) is 76.9. The second-order valence-electron chi connectivity index (χ2n) is 26.9. The number of anilines is 2. The van der Waals surface area contributed by atoms with Crippen LogP contribution in [0.15, 0.2) is 109 Å². The number of rotatable bonds is 42. The van der Waals surface area contributed by atoms with Crippen LogP contribution in [-0.2, 0) is 73.7 Å². The number of hydrogen-bond donors (Lipinski definition) is 7. The summed E-state index contributed by atoms with van der Waals surface area (Å²) in [4.78, 5) is 136. The van der Waals surface area contributed by atoms with E-state index in [2.05, 4.69) is 33.2 Å². The molecule has 0 unspecified atom stereocenters. The van der Waals surface area contributed by atoms with Crippen molar-refractivity contribution in [1.29, 1.82) is 0 Å². The number of methoxy groups -OCH3 is 2. The Hall–Kier alpha value is -9.96. The second-order valence-corrected chi connectivity index (χ2v) is 26.9. The quantitative estimate of drug-likeness (QED) is 0.0123. The van der Waals surface area contributed by atoms with Gasteiger partial charge in [0.15, 0.2) is 23.1 Å². The number of nitrogens with one attached hydrogen (secondary N) is 5. The molecular formula is C78H103N7O20. The van der Waals surface area contributed by atoms with Crippen LogP contribution in [0, 0.1) is 24.7 Å². The number of carbonyl (C=O) groups is 10. The van der Waals surface area contributed by atoms with Gasteiger partial charge < -0.3 is 73.9 Å². The van der Waals surface area contributed by atoms with Crippen molar-refractivity contribution in [1.82, 2.24) is 25.8 Å². The van der Waals surface area contributed by atoms with Gasteiger partial charge in [-0.3, -0.25) is 44.2 Å². The van der Waals surface area contributed by atoms with Crippen LogP contribution >= 0.6 is 0 Å². The lowest BCUT2D eigenvalue weighted by Gasteiger charge is -2.24. The molecule has 105 heavy (non-hydrogen) atoms. The molecule has 0 bridgehead atoms. The minimum atomic E-state index is -0.951. The predicted molar refractivity (Wildman–Crippen MR) is 392 cm³/mol. The first-order valence-electron chi connectivity index (χ1n) is 35.3. The van der Waals surface area contributed by atoms with Crippen LogP contribution in [0.2, 0.25) is 0 Å². The van der Waals surface area contributed by atoms with Gasteiger partial charge in [-0.2, -0.15) is 0 Å². The van der Waals surface area contributed by atoms with E-state index in [1.165, 1.54) is 35.1 Å². The minimum absolute atomic E-state index is 0.00768. The van der Waals surface area contributed by atoms with Crippen LogP contribution < -0.4 is 40.8 Å². The molecule has 2 heterocycles. The van der Waals surface area contributed by atoms with Gasteiger partial charge in [-0.1, -0.05) is 100 Å². The van der Waals surface area contributed by atoms with Crippen LogP contribution in [0.4, 0.5) is 25.8 Å². The third-order valence-corrected chi connectivity index (χ3v) is 17.7. The fraction of sp³-hybridized carbons (Fsp3) is 0.487. The monoisotopic (exact) mass is 1460 g/mol. The zero-order valence-corrected chi connectivity index (χ0v) is 62.1. The Morgan fingerprint density at radius 1 is 0.552 bits per heavy atom. The first-order valence-corrected chi connectivity index (χ1v) is 35.3. The van der Waals surface area contributed by atoms with E-state index >= 15 is 0 Å². The minimum Gasteiger partial charge on any atom is -0.493 e. The lowest BCUT2D eigenvalue weighted by atomic mass is 9.88. The molecule has 2 aliphatic heterocycles. The first-order chi connectivity index (χ1) is 50.2. The van der Waals surface area contributed by atoms with Crippen molar-refractivity contribution >= 4 is 70.6 Å². The summed E-state index contributed by atoms with van der Waals surface area (Å²) in [5.74, 6) is -2.85. The average Bonchev–Trinajstić information content (AvgIpc) is 1.77. The number of amides is 7. The van der Waals surface area contributed by atoms with Crippen molar-refractivity contribution in [3.63, 3.8) is 0 Å². The molecule has 570 valence electrons. The standard InChI is InChI=1S/C78H103N7O20/c1-13-26-103-78(97)83-71(48(4)5)73(92)80-53(10)67(90)36-55-19-23-57(24-20-55)46-105-77(96)82-65-40-70(69(99-12)38-63(65)75(94)85-42-50(7)33-59(85)44-87)102-28-16-14-15-27-101-68-39-64(62(34-51(68)8)74(93)84-41-49(6)32-58(84)43-86)81-76(95)104-45-56-21-17-54(18-22-56)35-66(89)52(9)79-72(91)61(47(2)3)37-60(88)25-29-100-31-30-98-11/h13,17-24,34,38-42,47-48,52-53,58-59,61,71,86-87H,1,14-16,25-33,35-37,43-46H2,2-12H3,(H,79,91)(H,80,92)(H,81,95)(H,82,96)(H,83,97)/t52-,53+,58-,59-,61-,71+/m0/s1. The Kier molecular flexibility index (Phi) is 33.7. The second kappa shape index (κ2) is 42.1. The number of aliphatic hydroxyl groups excluding tert-OH is 2. The van der Waals surface area contributed by atoms with Gasteiger partial charge in [0.05, 0.1) is 100 Å². The molecule has 6 atom stereocenters. The lowest BCUT2D eigenvalue weighted by Crippen LogP contribution is -2.53. The van der Waals surface area contributed by atoms with E-state index in [9.17, 15) is 58.2 Å². The van der Waals surface area contributed by atoms with Crippen molar-refractivity contribution in [3.8, 4) is 17.2 Å². The number of benzene rings is 4. The molecule has 27 nitrogen and oxygen atoms in total. The van der Waals surface area contributed by atoms with E-state index in [0.29, 0.717) is 78.9 Å². The van der Waals surface area contributed by atoms with Gasteiger partial charge in [-0.05, 0) is 119 Å². The number of aliphatic hydroxyl groups is 2. The Balaban J connectivity index is 1.04. The van der Waals surface area contributed by atoms with E-state index in [-0.39, 0.29) is 148 Å². The van der Waals surface area contributed by atoms with Crippen molar-refractivity contribution in [2.75, 3.05) is 77.7 Å². The number of Topliss-reactive ketones (excluding diaryl/α,β-unsaturated/α-hetero) is 3. The first kappa shape index (κ1) is 84.0. The summed E-state index contributed by atoms with van der Waals surface area (Å²) in [6.07, 6.45) is 4.88. The van der Waals surface area contributed by atoms with Crippen LogP contribution in [0.5, 0.6) is 17.2 Å². The molecular weight excluding hydrogens is 1350 g/mol. The van der Waals surface area contributed by atoms with Gasteiger partial charge in [-0.15, -0.1) is 0 Å². The molecule has 7 amide bonds. The maximum absolute atomic E-state index is 14.3. The highest BCUT2D eigenvalue weighted by molar-refractivity contribution is 6.05. The molecule has 27 heteroatoms. The molecule has 0 saturated carbocycles. The number of ether oxygens (including phenoxy) is 8. The number of carbonyl (C=O) groups excluding carboxylic acids is 10. The average molecular weight is 1460 g/mol. The highest BCUT2D eigenvalue weighted by Gasteiger charge is 2.34. The Labute approximate surface area is 614 Å². The Bertz CT molecular complexity index is 3740. The molecule has 7 N–H and O–H groups in total. The fourth-order valence-corrected chi connectivity index (χ4v) is 11.6. The van der Waals surface area contributed by atoms with Gasteiger partial charge >= 0.3 is 18.3 Å². The topological polar surface area (TPSA) is 352 Å². The van der Waals surface area contributed by atoms with Crippen molar-refractivity contribution in [2.45, 2.75) is 164 Å². The smallest absolute Gasteiger partial charge is 0.411 e. The molecule has 0 aromatic heterocycles. The van der Waals surface area contributed by atoms with Gasteiger partial charge in [0.2, 0.25) is 11.8 Å². The third-order valence-electron chi connectivity index (χ3n) is 17.7. The SMILES string of the molecule is C=CCOC(=O)N[C@@H](C(=O)N[C@H](C)C(=O)Cc1ccc(COC(=O)Nc2cc(OCCCCCOc3cc(NC(=O)OCc4ccc(CC(=O)[C@H](C)NC(=O)[C@@H](CC(=O)CCOCCOC)C(C)C)cc4)c(C(=O)N4C=C(C)C[C@H]4CO)cc3C)c(OC)cc2C(=O)N2C=C(C)C[C@H]2CO)cc1)C(C)C. The van der Waals surface area contributed by atoms with Gasteiger partial charge in [0, 0.05) is 63.2 Å². The summed E-state index contributed by atoms with van der Waals surface area (Å²) >= 11 is 0. The number of aryl methyl sites for hydroxylation is 1. The maximum atomic E-state index is 14.3. The number of ketones is 3. The Morgan fingerprint density at radius 3 is 1.51 bits per heavy atom. The molecule has 4 aromatic carbocycles. The van der Waals surface area contributed by atoms with E-state index < -0.39 is 72.1 Å². The number of unbranched alkanes of at least 4 members (excludes halogenated alkanes) is 2. The normalized spacial score (nSPS) is 15.1. The summed E-state index contributed by atoms with van der Waals surface area (Å²) in [5, 5.41) is 33.8. The number of alkyl carbamates (subject to hydrolysis) is 1. The lowest BCUT2D eigenvalue weighted by molar-refractivity contribution is -0.133. The molecule has 0 aliphatic carbocycles. The molecule has 2 aliphatic rings. The van der Waals surface area contributed by atoms with Crippen molar-refractivity contribution < 1.29 is 96.1 Å². The van der Waals surface area contributed by atoms with Crippen LogP contribution in [0.1, 0.15) is 149 Å². The van der Waals surface area contributed by atoms with Crippen LogP contribution in [0.25, 0.3) is 0 Å². The molecule has 0 spiro atoms. The van der Waals surface area contributed by atoms with Crippen LogP contribution in [0.3, 0.4) is 0 Å². The Morgan fingerprint density at radius 2 is 1.04 bits per heavy atom. The highest BCUT2D eigenvalue weighted by atomic mass is 16.6. The largest absolute Gasteiger partial charge is 0.493 e. The van der Waals surface area contributed by atoms with Gasteiger partial charge in [0.25, 0.3) is 11.8 Å². The van der Waals surface area contributed by atoms with Gasteiger partial charge in [-0.25, -0.2) is 14.4 Å². The van der Waals surface area contributed by atoms with E-state index in [1.54, 1.807) is 115 Å².